The van der Waals surface area contributed by atoms with E-state index in [2.05, 4.69) is 11.9 Å². The Bertz CT molecular complexity index is 393. The van der Waals surface area contributed by atoms with Gasteiger partial charge in [0, 0.05) is 20.7 Å². The molecule has 0 amide bonds. The molecule has 5 nitrogen and oxygen atoms in total. The number of methoxy groups -OCH3 is 1. The Morgan fingerprint density at radius 1 is 1.50 bits per heavy atom. The zero-order valence-corrected chi connectivity index (χ0v) is 11.9. The normalized spacial score (nSPS) is 10.6. The van der Waals surface area contributed by atoms with Gasteiger partial charge in [-0.1, -0.05) is 31.1 Å². The van der Waals surface area contributed by atoms with E-state index >= 15 is 0 Å². The Balaban J connectivity index is 2.76. The Labute approximate surface area is 111 Å². The molecule has 0 saturated carbocycles. The lowest BCUT2D eigenvalue weighted by atomic mass is 10.2. The summed E-state index contributed by atoms with van der Waals surface area (Å²) in [5.74, 6) is -0.937. The summed E-state index contributed by atoms with van der Waals surface area (Å²) in [4.78, 5) is 17.7. The van der Waals surface area contributed by atoms with Gasteiger partial charge in [-0.15, -0.1) is 0 Å². The number of hydrogen-bond donors (Lipinski definition) is 1. The Morgan fingerprint density at radius 2 is 2.22 bits per heavy atom. The van der Waals surface area contributed by atoms with Gasteiger partial charge in [-0.2, -0.15) is 0 Å². The number of aromatic nitrogens is 1. The number of unbranched alkanes of at least 4 members (excludes halogenated alkanes) is 2. The van der Waals surface area contributed by atoms with Crippen molar-refractivity contribution in [1.82, 2.24) is 4.98 Å². The standard InChI is InChI=1S/C12H20N2O3S/c1-4-5-6-7-14(2)12-13-9(8-17-3)10(18-12)11(15)16/h4-8H2,1-3H3,(H,15,16). The van der Waals surface area contributed by atoms with Crippen molar-refractivity contribution in [3.05, 3.63) is 10.6 Å². The maximum Gasteiger partial charge on any atom is 0.347 e. The smallest absolute Gasteiger partial charge is 0.347 e. The van der Waals surface area contributed by atoms with Crippen LogP contribution in [0, 0.1) is 0 Å². The summed E-state index contributed by atoms with van der Waals surface area (Å²) >= 11 is 1.21. The average Bonchev–Trinajstić information content (AvgIpc) is 2.74. The number of hydrogen-bond acceptors (Lipinski definition) is 5. The fourth-order valence-electron chi connectivity index (χ4n) is 1.60. The number of rotatable bonds is 8. The highest BCUT2D eigenvalue weighted by atomic mass is 32.1. The lowest BCUT2D eigenvalue weighted by molar-refractivity contribution is 0.0697. The molecule has 1 rings (SSSR count). The number of carboxylic acid groups (broad SMARTS) is 1. The van der Waals surface area contributed by atoms with E-state index in [0.717, 1.165) is 18.1 Å². The maximum atomic E-state index is 11.1. The molecule has 0 bridgehead atoms. The minimum absolute atomic E-state index is 0.237. The first-order valence-corrected chi connectivity index (χ1v) is 6.84. The number of carboxylic acids is 1. The molecule has 0 aliphatic heterocycles. The number of nitrogens with zero attached hydrogens (tertiary/aromatic N) is 2. The first-order chi connectivity index (χ1) is 8.60. The number of aromatic carboxylic acids is 1. The Morgan fingerprint density at radius 3 is 2.78 bits per heavy atom. The van der Waals surface area contributed by atoms with Gasteiger partial charge in [0.2, 0.25) is 0 Å². The van der Waals surface area contributed by atoms with E-state index in [1.165, 1.54) is 31.3 Å². The monoisotopic (exact) mass is 272 g/mol. The molecule has 0 atom stereocenters. The lowest BCUT2D eigenvalue weighted by Gasteiger charge is -2.14. The van der Waals surface area contributed by atoms with Gasteiger partial charge in [-0.05, 0) is 6.42 Å². The summed E-state index contributed by atoms with van der Waals surface area (Å²) in [6.07, 6.45) is 3.43. The number of carbonyl (C=O) groups is 1. The quantitative estimate of drug-likeness (QED) is 0.737. The molecule has 1 aromatic rings. The van der Waals surface area contributed by atoms with E-state index in [1.54, 1.807) is 0 Å². The third kappa shape index (κ3) is 3.96. The van der Waals surface area contributed by atoms with Crippen LogP contribution in [-0.2, 0) is 11.3 Å². The van der Waals surface area contributed by atoms with Gasteiger partial charge in [0.25, 0.3) is 0 Å². The highest BCUT2D eigenvalue weighted by Gasteiger charge is 2.18. The van der Waals surface area contributed by atoms with Crippen LogP contribution in [0.15, 0.2) is 0 Å². The fourth-order valence-corrected chi connectivity index (χ4v) is 2.49. The third-order valence-electron chi connectivity index (χ3n) is 2.58. The van der Waals surface area contributed by atoms with Crippen molar-refractivity contribution in [2.75, 3.05) is 25.6 Å². The Hall–Kier alpha value is -1.14. The number of ether oxygens (including phenoxy) is 1. The van der Waals surface area contributed by atoms with Gasteiger partial charge in [0.1, 0.15) is 4.88 Å². The second-order valence-electron chi connectivity index (χ2n) is 4.14. The summed E-state index contributed by atoms with van der Waals surface area (Å²) in [5.41, 5.74) is 0.507. The van der Waals surface area contributed by atoms with Crippen LogP contribution in [0.1, 0.15) is 41.6 Å². The highest BCUT2D eigenvalue weighted by Crippen LogP contribution is 2.26. The van der Waals surface area contributed by atoms with E-state index in [4.69, 9.17) is 9.84 Å². The predicted octanol–water partition coefficient (Wildman–Crippen LogP) is 2.61. The molecule has 6 heteroatoms. The number of thiazole rings is 1. The Kier molecular flexibility index (Phi) is 6.07. The van der Waals surface area contributed by atoms with Gasteiger partial charge in [0.15, 0.2) is 5.13 Å². The molecular formula is C12H20N2O3S. The van der Waals surface area contributed by atoms with Crippen LogP contribution in [0.5, 0.6) is 0 Å². The zero-order chi connectivity index (χ0) is 13.5. The molecule has 1 aromatic heterocycles. The van der Waals surface area contributed by atoms with Crippen molar-refractivity contribution in [3.8, 4) is 0 Å². The van der Waals surface area contributed by atoms with E-state index in [1.807, 2.05) is 11.9 Å². The minimum atomic E-state index is -0.937. The van der Waals surface area contributed by atoms with Gasteiger partial charge in [-0.25, -0.2) is 9.78 Å². The van der Waals surface area contributed by atoms with Crippen LogP contribution in [0.25, 0.3) is 0 Å². The largest absolute Gasteiger partial charge is 0.477 e. The van der Waals surface area contributed by atoms with Crippen LogP contribution >= 0.6 is 11.3 Å². The molecule has 0 saturated heterocycles. The fraction of sp³-hybridized carbons (Fsp3) is 0.667. The van der Waals surface area contributed by atoms with E-state index < -0.39 is 5.97 Å². The first-order valence-electron chi connectivity index (χ1n) is 6.03. The second kappa shape index (κ2) is 7.33. The van der Waals surface area contributed by atoms with Gasteiger partial charge in [-0.3, -0.25) is 0 Å². The molecule has 0 fully saturated rings. The molecule has 18 heavy (non-hydrogen) atoms. The van der Waals surface area contributed by atoms with Crippen molar-refractivity contribution in [2.24, 2.45) is 0 Å². The predicted molar refractivity (Wildman–Crippen MR) is 72.6 cm³/mol. The van der Waals surface area contributed by atoms with Crippen LogP contribution < -0.4 is 4.90 Å². The molecule has 102 valence electrons. The SMILES string of the molecule is CCCCCN(C)c1nc(COC)c(C(=O)O)s1. The van der Waals surface area contributed by atoms with Crippen molar-refractivity contribution >= 4 is 22.4 Å². The van der Waals surface area contributed by atoms with Gasteiger partial charge in [0.05, 0.1) is 12.3 Å². The van der Waals surface area contributed by atoms with Crippen molar-refractivity contribution < 1.29 is 14.6 Å². The summed E-state index contributed by atoms with van der Waals surface area (Å²) < 4.78 is 4.97. The molecule has 0 aliphatic rings. The molecule has 0 spiro atoms. The molecular weight excluding hydrogens is 252 g/mol. The van der Waals surface area contributed by atoms with Crippen LogP contribution in [-0.4, -0.2) is 36.8 Å². The summed E-state index contributed by atoms with van der Waals surface area (Å²) in [7, 11) is 3.48. The van der Waals surface area contributed by atoms with E-state index in [-0.39, 0.29) is 11.5 Å². The average molecular weight is 272 g/mol. The maximum absolute atomic E-state index is 11.1. The molecule has 0 aromatic carbocycles. The third-order valence-corrected chi connectivity index (χ3v) is 3.78. The highest BCUT2D eigenvalue weighted by molar-refractivity contribution is 7.17. The minimum Gasteiger partial charge on any atom is -0.477 e. The van der Waals surface area contributed by atoms with E-state index in [9.17, 15) is 4.79 Å². The van der Waals surface area contributed by atoms with E-state index in [0.29, 0.717) is 5.69 Å². The molecule has 0 radical (unpaired) electrons. The van der Waals surface area contributed by atoms with Gasteiger partial charge < -0.3 is 14.7 Å². The molecule has 0 unspecified atom stereocenters. The zero-order valence-electron chi connectivity index (χ0n) is 11.1. The number of anilines is 1. The van der Waals surface area contributed by atoms with Crippen molar-refractivity contribution in [2.45, 2.75) is 32.8 Å². The molecule has 0 aliphatic carbocycles. The summed E-state index contributed by atoms with van der Waals surface area (Å²) in [6.45, 7) is 3.29. The lowest BCUT2D eigenvalue weighted by Crippen LogP contribution is -2.18. The molecule has 1 heterocycles. The van der Waals surface area contributed by atoms with Crippen LogP contribution in [0.3, 0.4) is 0 Å². The van der Waals surface area contributed by atoms with Gasteiger partial charge >= 0.3 is 5.97 Å². The summed E-state index contributed by atoms with van der Waals surface area (Å²) in [6, 6.07) is 0. The first kappa shape index (κ1) is 14.9. The topological polar surface area (TPSA) is 62.7 Å². The summed E-state index contributed by atoms with van der Waals surface area (Å²) in [5, 5.41) is 9.84. The van der Waals surface area contributed by atoms with Crippen molar-refractivity contribution in [1.29, 1.82) is 0 Å². The van der Waals surface area contributed by atoms with Crippen LogP contribution in [0.4, 0.5) is 5.13 Å². The van der Waals surface area contributed by atoms with Crippen molar-refractivity contribution in [3.63, 3.8) is 0 Å². The van der Waals surface area contributed by atoms with Crippen LogP contribution in [0.2, 0.25) is 0 Å². The second-order valence-corrected chi connectivity index (χ2v) is 5.12. The molecule has 1 N–H and O–H groups in total.